The van der Waals surface area contributed by atoms with Gasteiger partial charge in [-0.3, -0.25) is 9.78 Å². The Kier molecular flexibility index (Phi) is 6.32. The summed E-state index contributed by atoms with van der Waals surface area (Å²) in [5.41, 5.74) is 1.52. The Morgan fingerprint density at radius 3 is 2.67 bits per heavy atom. The molecule has 2 heterocycles. The number of amides is 1. The fraction of sp³-hybridized carbons (Fsp3) is 0.105. The van der Waals surface area contributed by atoms with E-state index in [0.29, 0.717) is 11.4 Å². The van der Waals surface area contributed by atoms with E-state index in [-0.39, 0.29) is 5.69 Å². The number of rotatable bonds is 7. The maximum atomic E-state index is 13.2. The summed E-state index contributed by atoms with van der Waals surface area (Å²) in [6.45, 7) is 0. The van der Waals surface area contributed by atoms with Crippen LogP contribution < -0.4 is 10.0 Å². The van der Waals surface area contributed by atoms with Crippen molar-refractivity contribution >= 4 is 29.4 Å². The number of aromatic nitrogens is 2. The predicted molar refractivity (Wildman–Crippen MR) is 103 cm³/mol. The van der Waals surface area contributed by atoms with Crippen molar-refractivity contribution in [1.29, 1.82) is 0 Å². The number of carbonyl (C=O) groups is 1. The first-order valence-corrected chi connectivity index (χ1v) is 9.10. The van der Waals surface area contributed by atoms with Gasteiger partial charge in [0.25, 0.3) is 5.91 Å². The lowest BCUT2D eigenvalue weighted by Gasteiger charge is -2.08. The standard InChI is InChI=1S/C19H16F2N4OS/c20-16-5-4-15(12-17(16)21)24-19(26)13-6-9-23-18(11-13)25-27-10-7-14-3-1-2-8-22-14/h1-6,8-9,11-12H,7,10H2,(H,23,25)(H,24,26). The summed E-state index contributed by atoms with van der Waals surface area (Å²) in [7, 11) is 0. The molecule has 0 aliphatic heterocycles. The Balaban J connectivity index is 1.54. The lowest BCUT2D eigenvalue weighted by Crippen LogP contribution is -2.12. The monoisotopic (exact) mass is 386 g/mol. The number of hydrogen-bond acceptors (Lipinski definition) is 5. The van der Waals surface area contributed by atoms with E-state index < -0.39 is 17.5 Å². The van der Waals surface area contributed by atoms with Gasteiger partial charge in [-0.2, -0.15) is 0 Å². The van der Waals surface area contributed by atoms with E-state index in [2.05, 4.69) is 20.0 Å². The van der Waals surface area contributed by atoms with Gasteiger partial charge in [0, 0.05) is 47.6 Å². The van der Waals surface area contributed by atoms with E-state index in [9.17, 15) is 13.6 Å². The normalized spacial score (nSPS) is 10.4. The van der Waals surface area contributed by atoms with Crippen molar-refractivity contribution in [2.45, 2.75) is 6.42 Å². The first-order valence-electron chi connectivity index (χ1n) is 8.12. The lowest BCUT2D eigenvalue weighted by molar-refractivity contribution is 0.102. The van der Waals surface area contributed by atoms with Crippen LogP contribution in [-0.2, 0) is 6.42 Å². The first-order chi connectivity index (χ1) is 13.1. The number of nitrogens with zero attached hydrogens (tertiary/aromatic N) is 2. The zero-order valence-corrected chi connectivity index (χ0v) is 15.0. The van der Waals surface area contributed by atoms with Gasteiger partial charge < -0.3 is 10.0 Å². The van der Waals surface area contributed by atoms with E-state index >= 15 is 0 Å². The van der Waals surface area contributed by atoms with Crippen LogP contribution in [0.5, 0.6) is 0 Å². The second-order valence-corrected chi connectivity index (χ2v) is 6.44. The van der Waals surface area contributed by atoms with Crippen molar-refractivity contribution in [2.24, 2.45) is 0 Å². The van der Waals surface area contributed by atoms with Crippen molar-refractivity contribution < 1.29 is 13.6 Å². The number of benzene rings is 1. The number of nitrogens with one attached hydrogen (secondary N) is 2. The third-order valence-corrected chi connectivity index (χ3v) is 4.32. The molecule has 0 radical (unpaired) electrons. The molecule has 0 saturated carbocycles. The number of hydrogen-bond donors (Lipinski definition) is 2. The molecule has 2 aromatic heterocycles. The Morgan fingerprint density at radius 2 is 1.89 bits per heavy atom. The third kappa shape index (κ3) is 5.49. The molecule has 27 heavy (non-hydrogen) atoms. The van der Waals surface area contributed by atoms with Crippen molar-refractivity contribution in [2.75, 3.05) is 15.8 Å². The fourth-order valence-electron chi connectivity index (χ4n) is 2.23. The molecule has 0 aliphatic carbocycles. The first kappa shape index (κ1) is 18.8. The quantitative estimate of drug-likeness (QED) is 0.468. The van der Waals surface area contributed by atoms with Crippen molar-refractivity contribution in [3.05, 3.63) is 83.8 Å². The molecule has 0 bridgehead atoms. The largest absolute Gasteiger partial charge is 0.322 e. The molecule has 0 saturated heterocycles. The SMILES string of the molecule is O=C(Nc1ccc(F)c(F)c1)c1ccnc(NSCCc2ccccn2)c1. The van der Waals surface area contributed by atoms with Crippen molar-refractivity contribution in [1.82, 2.24) is 9.97 Å². The summed E-state index contributed by atoms with van der Waals surface area (Å²) in [6.07, 6.45) is 4.06. The van der Waals surface area contributed by atoms with E-state index in [1.807, 2.05) is 18.2 Å². The van der Waals surface area contributed by atoms with Crippen LogP contribution >= 0.6 is 11.9 Å². The predicted octanol–water partition coefficient (Wildman–Crippen LogP) is 4.31. The molecule has 5 nitrogen and oxygen atoms in total. The van der Waals surface area contributed by atoms with Gasteiger partial charge in [-0.05, 0) is 36.4 Å². The number of anilines is 2. The Hall–Kier alpha value is -3.00. The van der Waals surface area contributed by atoms with Gasteiger partial charge in [-0.15, -0.1) is 0 Å². The second kappa shape index (κ2) is 9.09. The molecule has 1 aromatic carbocycles. The van der Waals surface area contributed by atoms with Crippen LogP contribution in [0.25, 0.3) is 0 Å². The molecule has 2 N–H and O–H groups in total. The highest BCUT2D eigenvalue weighted by Gasteiger charge is 2.09. The maximum absolute atomic E-state index is 13.2. The van der Waals surface area contributed by atoms with E-state index in [1.165, 1.54) is 24.2 Å². The van der Waals surface area contributed by atoms with Gasteiger partial charge >= 0.3 is 0 Å². The smallest absolute Gasteiger partial charge is 0.255 e. The van der Waals surface area contributed by atoms with Crippen molar-refractivity contribution in [3.8, 4) is 0 Å². The van der Waals surface area contributed by atoms with Gasteiger partial charge in [-0.25, -0.2) is 13.8 Å². The number of aryl methyl sites for hydroxylation is 1. The minimum Gasteiger partial charge on any atom is -0.322 e. The highest BCUT2D eigenvalue weighted by molar-refractivity contribution is 8.00. The molecule has 3 aromatic rings. The van der Waals surface area contributed by atoms with Crippen LogP contribution in [0.3, 0.4) is 0 Å². The Labute approximate surface area is 159 Å². The topological polar surface area (TPSA) is 66.9 Å². The van der Waals surface area contributed by atoms with Gasteiger partial charge in [0.15, 0.2) is 11.6 Å². The van der Waals surface area contributed by atoms with Crippen molar-refractivity contribution in [3.63, 3.8) is 0 Å². The summed E-state index contributed by atoms with van der Waals surface area (Å²) in [5.74, 6) is -1.12. The summed E-state index contributed by atoms with van der Waals surface area (Å²) in [6, 6.07) is 12.1. The Morgan fingerprint density at radius 1 is 1.00 bits per heavy atom. The van der Waals surface area contributed by atoms with Gasteiger partial charge in [0.05, 0.1) is 0 Å². The van der Waals surface area contributed by atoms with Crippen LogP contribution in [0.15, 0.2) is 60.9 Å². The minimum atomic E-state index is -1.02. The molecule has 8 heteroatoms. The Bertz CT molecular complexity index is 925. The molecule has 0 atom stereocenters. The summed E-state index contributed by atoms with van der Waals surface area (Å²) < 4.78 is 29.3. The average molecular weight is 386 g/mol. The second-order valence-electron chi connectivity index (χ2n) is 5.53. The van der Waals surface area contributed by atoms with E-state index in [1.54, 1.807) is 18.3 Å². The highest BCUT2D eigenvalue weighted by Crippen LogP contribution is 2.16. The molecule has 1 amide bonds. The summed E-state index contributed by atoms with van der Waals surface area (Å²) in [5, 5.41) is 2.53. The molecular formula is C19H16F2N4OS. The van der Waals surface area contributed by atoms with Crippen LogP contribution in [-0.4, -0.2) is 21.6 Å². The average Bonchev–Trinajstić information content (AvgIpc) is 2.69. The molecule has 138 valence electrons. The number of carbonyl (C=O) groups excluding carboxylic acids is 1. The molecule has 0 spiro atoms. The zero-order valence-electron chi connectivity index (χ0n) is 14.2. The van der Waals surface area contributed by atoms with Gasteiger partial charge in [-0.1, -0.05) is 18.0 Å². The number of halogens is 2. The molecule has 0 aliphatic rings. The zero-order chi connectivity index (χ0) is 19.1. The maximum Gasteiger partial charge on any atom is 0.255 e. The van der Waals surface area contributed by atoms with Crippen LogP contribution in [0.1, 0.15) is 16.1 Å². The van der Waals surface area contributed by atoms with Crippen LogP contribution in [0, 0.1) is 11.6 Å². The summed E-state index contributed by atoms with van der Waals surface area (Å²) >= 11 is 1.45. The van der Waals surface area contributed by atoms with Crippen LogP contribution in [0.2, 0.25) is 0 Å². The minimum absolute atomic E-state index is 0.176. The van der Waals surface area contributed by atoms with E-state index in [0.717, 1.165) is 30.0 Å². The molecular weight excluding hydrogens is 370 g/mol. The molecule has 3 rings (SSSR count). The van der Waals surface area contributed by atoms with Gasteiger partial charge in [0.1, 0.15) is 5.82 Å². The third-order valence-electron chi connectivity index (χ3n) is 3.56. The lowest BCUT2D eigenvalue weighted by atomic mass is 10.2. The van der Waals surface area contributed by atoms with E-state index in [4.69, 9.17) is 0 Å². The summed E-state index contributed by atoms with van der Waals surface area (Å²) in [4.78, 5) is 20.7. The highest BCUT2D eigenvalue weighted by atomic mass is 32.2. The van der Waals surface area contributed by atoms with Crippen LogP contribution in [0.4, 0.5) is 20.3 Å². The number of pyridine rings is 2. The molecule has 0 fully saturated rings. The fourth-order valence-corrected chi connectivity index (χ4v) is 2.90. The van der Waals surface area contributed by atoms with Gasteiger partial charge in [0.2, 0.25) is 0 Å². The molecule has 0 unspecified atom stereocenters.